The summed E-state index contributed by atoms with van der Waals surface area (Å²) in [5, 5.41) is 0. The Morgan fingerprint density at radius 3 is 2.00 bits per heavy atom. The van der Waals surface area contributed by atoms with Gasteiger partial charge in [-0.15, -0.1) is 0 Å². The van der Waals surface area contributed by atoms with E-state index in [9.17, 15) is 9.18 Å². The van der Waals surface area contributed by atoms with E-state index in [0.717, 1.165) is 18.6 Å². The Bertz CT molecular complexity index is 785. The topological polar surface area (TPSA) is 44.8 Å². The van der Waals surface area contributed by atoms with Gasteiger partial charge in [0.2, 0.25) is 0 Å². The third kappa shape index (κ3) is 10.6. The fourth-order valence-electron chi connectivity index (χ4n) is 3.93. The first-order valence-corrected chi connectivity index (χ1v) is 13.4. The molecule has 196 valence electrons. The van der Waals surface area contributed by atoms with E-state index in [1.807, 2.05) is 26.0 Å². The second-order valence-electron chi connectivity index (χ2n) is 10.0. The van der Waals surface area contributed by atoms with E-state index >= 15 is 0 Å². The first-order valence-electron chi connectivity index (χ1n) is 13.4. The quantitative estimate of drug-likeness (QED) is 0.0960. The Hall–Kier alpha value is -2.14. The van der Waals surface area contributed by atoms with Crippen LogP contribution < -0.4 is 9.47 Å². The van der Waals surface area contributed by atoms with Crippen molar-refractivity contribution in [2.75, 3.05) is 13.2 Å². The van der Waals surface area contributed by atoms with Crippen molar-refractivity contribution in [1.29, 1.82) is 0 Å². The molecule has 2 rings (SSSR count). The maximum absolute atomic E-state index is 13.8. The molecule has 0 saturated heterocycles. The second kappa shape index (κ2) is 15.1. The van der Waals surface area contributed by atoms with E-state index in [0.29, 0.717) is 18.8 Å². The van der Waals surface area contributed by atoms with Crippen molar-refractivity contribution < 1.29 is 23.4 Å². The van der Waals surface area contributed by atoms with Gasteiger partial charge in [0.15, 0.2) is 0 Å². The van der Waals surface area contributed by atoms with Crippen LogP contribution in [0.2, 0.25) is 0 Å². The van der Waals surface area contributed by atoms with Crippen LogP contribution in [0.25, 0.3) is 0 Å². The molecule has 1 aromatic carbocycles. The molecule has 0 amide bonds. The van der Waals surface area contributed by atoms with Crippen LogP contribution in [-0.2, 0) is 9.53 Å². The molecule has 5 heteroatoms. The van der Waals surface area contributed by atoms with Crippen molar-refractivity contribution in [3.8, 4) is 11.5 Å². The van der Waals surface area contributed by atoms with Gasteiger partial charge in [-0.1, -0.05) is 89.5 Å². The molecule has 0 unspecified atom stereocenters. The molecule has 1 atom stereocenters. The van der Waals surface area contributed by atoms with Gasteiger partial charge in [0.1, 0.15) is 28.7 Å². The Morgan fingerprint density at radius 1 is 0.829 bits per heavy atom. The van der Waals surface area contributed by atoms with E-state index in [4.69, 9.17) is 14.2 Å². The van der Waals surface area contributed by atoms with Crippen molar-refractivity contribution in [1.82, 2.24) is 0 Å². The van der Waals surface area contributed by atoms with Gasteiger partial charge in [0.05, 0.1) is 13.2 Å². The lowest BCUT2D eigenvalue weighted by atomic mass is 9.82. The van der Waals surface area contributed by atoms with Crippen LogP contribution in [0.1, 0.15) is 91.9 Å². The molecule has 35 heavy (non-hydrogen) atoms. The van der Waals surface area contributed by atoms with Crippen molar-refractivity contribution >= 4 is 5.97 Å². The van der Waals surface area contributed by atoms with Gasteiger partial charge >= 0.3 is 5.97 Å². The van der Waals surface area contributed by atoms with Gasteiger partial charge in [-0.3, -0.25) is 4.79 Å². The lowest BCUT2D eigenvalue weighted by Crippen LogP contribution is -2.35. The molecule has 0 aromatic heterocycles. The molecule has 0 fully saturated rings. The summed E-state index contributed by atoms with van der Waals surface area (Å²) in [4.78, 5) is 12.8. The number of hydrogen-bond acceptors (Lipinski definition) is 4. The molecular formula is C30H45FO4. The minimum atomic E-state index is -0.982. The Morgan fingerprint density at radius 2 is 1.40 bits per heavy atom. The first-order chi connectivity index (χ1) is 16.8. The minimum Gasteiger partial charge on any atom is -0.494 e. The molecular weight excluding hydrogens is 443 g/mol. The Labute approximate surface area is 211 Å². The molecule has 1 aliphatic rings. The third-order valence-electron chi connectivity index (χ3n) is 6.44. The first kappa shape index (κ1) is 29.1. The molecule has 0 spiro atoms. The number of ether oxygens (including phenoxy) is 3. The Balaban J connectivity index is 1.73. The van der Waals surface area contributed by atoms with Gasteiger partial charge in [0, 0.05) is 0 Å². The molecule has 0 radical (unpaired) electrons. The molecule has 0 aliphatic heterocycles. The van der Waals surface area contributed by atoms with Crippen molar-refractivity contribution in [3.63, 3.8) is 0 Å². The number of carbonyl (C=O) groups is 1. The van der Waals surface area contributed by atoms with Crippen LogP contribution in [0.15, 0.2) is 48.6 Å². The number of hydrogen-bond donors (Lipinski definition) is 0. The highest BCUT2D eigenvalue weighted by Crippen LogP contribution is 2.33. The fraction of sp³-hybridized carbons (Fsp3) is 0.633. The van der Waals surface area contributed by atoms with Gasteiger partial charge in [0.25, 0.3) is 0 Å². The van der Waals surface area contributed by atoms with E-state index in [2.05, 4.69) is 6.92 Å². The molecule has 0 heterocycles. The number of rotatable bonds is 17. The SMILES string of the molecule is CCCCCCCCCCOc1ccc(OC(=O)C2(C)C=CC(C)(OC[C@@H](F)CCC)C=C2)cc1. The van der Waals surface area contributed by atoms with E-state index < -0.39 is 17.2 Å². The monoisotopic (exact) mass is 488 g/mol. The number of esters is 1. The minimum absolute atomic E-state index is 0.0354. The summed E-state index contributed by atoms with van der Waals surface area (Å²) in [5.41, 5.74) is -1.64. The zero-order valence-electron chi connectivity index (χ0n) is 22.2. The van der Waals surface area contributed by atoms with Crippen LogP contribution in [0.5, 0.6) is 11.5 Å². The van der Waals surface area contributed by atoms with Crippen LogP contribution in [-0.4, -0.2) is 31.0 Å². The summed E-state index contributed by atoms with van der Waals surface area (Å²) in [6.07, 6.45) is 17.6. The molecule has 0 N–H and O–H groups in total. The zero-order chi connectivity index (χ0) is 25.6. The maximum atomic E-state index is 13.8. The van der Waals surface area contributed by atoms with Crippen LogP contribution in [0.3, 0.4) is 0 Å². The predicted octanol–water partition coefficient (Wildman–Crippen LogP) is 8.16. The predicted molar refractivity (Wildman–Crippen MR) is 141 cm³/mol. The average molecular weight is 489 g/mol. The highest BCUT2D eigenvalue weighted by molar-refractivity contribution is 5.83. The summed E-state index contributed by atoms with van der Waals surface area (Å²) >= 11 is 0. The van der Waals surface area contributed by atoms with Gasteiger partial charge < -0.3 is 14.2 Å². The molecule has 0 bridgehead atoms. The van der Waals surface area contributed by atoms with Crippen LogP contribution in [0.4, 0.5) is 4.39 Å². The summed E-state index contributed by atoms with van der Waals surface area (Å²) in [6.45, 7) is 8.57. The highest BCUT2D eigenvalue weighted by Gasteiger charge is 2.35. The standard InChI is InChI=1S/C30H45FO4/c1-5-7-8-9-10-11-12-13-23-33-26-15-17-27(18-16-26)35-28(32)29(3)19-21-30(4,22-20-29)34-24-25(31)14-6-2/h15-22,25H,5-14,23-24H2,1-4H3/t25-,29?,30?/m0/s1. The molecule has 0 saturated carbocycles. The smallest absolute Gasteiger partial charge is 0.324 e. The molecule has 4 nitrogen and oxygen atoms in total. The van der Waals surface area contributed by atoms with Crippen LogP contribution in [0, 0.1) is 5.41 Å². The van der Waals surface area contributed by atoms with E-state index in [1.54, 1.807) is 43.4 Å². The summed E-state index contributed by atoms with van der Waals surface area (Å²) in [5.74, 6) is 0.870. The number of unbranched alkanes of at least 4 members (excludes halogenated alkanes) is 7. The van der Waals surface area contributed by atoms with Crippen molar-refractivity contribution in [2.24, 2.45) is 5.41 Å². The fourth-order valence-corrected chi connectivity index (χ4v) is 3.93. The van der Waals surface area contributed by atoms with Gasteiger partial charge in [-0.2, -0.15) is 0 Å². The second-order valence-corrected chi connectivity index (χ2v) is 10.0. The van der Waals surface area contributed by atoms with Crippen molar-refractivity contribution in [3.05, 3.63) is 48.6 Å². The molecule has 1 aliphatic carbocycles. The third-order valence-corrected chi connectivity index (χ3v) is 6.44. The zero-order valence-corrected chi connectivity index (χ0v) is 22.2. The summed E-state index contributed by atoms with van der Waals surface area (Å²) in [7, 11) is 0. The molecule has 1 aromatic rings. The summed E-state index contributed by atoms with van der Waals surface area (Å²) < 4.78 is 31.0. The van der Waals surface area contributed by atoms with E-state index in [1.165, 1.54) is 44.9 Å². The number of carbonyl (C=O) groups excluding carboxylic acids is 1. The highest BCUT2D eigenvalue weighted by atomic mass is 19.1. The van der Waals surface area contributed by atoms with Crippen molar-refractivity contribution in [2.45, 2.75) is 104 Å². The van der Waals surface area contributed by atoms with Gasteiger partial charge in [-0.25, -0.2) is 4.39 Å². The van der Waals surface area contributed by atoms with E-state index in [-0.39, 0.29) is 12.6 Å². The number of benzene rings is 1. The lowest BCUT2D eigenvalue weighted by Gasteiger charge is -2.31. The van der Waals surface area contributed by atoms with Gasteiger partial charge in [-0.05, 0) is 51.0 Å². The summed E-state index contributed by atoms with van der Waals surface area (Å²) in [6, 6.07) is 7.17. The maximum Gasteiger partial charge on any atom is 0.324 e. The normalized spacial score (nSPS) is 22.2. The number of alkyl halides is 1. The van der Waals surface area contributed by atoms with Crippen LogP contribution >= 0.6 is 0 Å². The largest absolute Gasteiger partial charge is 0.494 e. The lowest BCUT2D eigenvalue weighted by molar-refractivity contribution is -0.140. The Kier molecular flexibility index (Phi) is 12.5. The number of halogens is 1. The average Bonchev–Trinajstić information content (AvgIpc) is 2.85.